The molecule has 0 amide bonds. The SMILES string of the molecule is Cc1cc(Cl)cc(C(N)CCCC2CCCO2)c1. The van der Waals surface area contributed by atoms with Gasteiger partial charge in [0, 0.05) is 17.7 Å². The van der Waals surface area contributed by atoms with E-state index in [1.54, 1.807) is 0 Å². The maximum atomic E-state index is 6.22. The second-order valence-electron chi connectivity index (χ2n) is 5.23. The zero-order valence-electron chi connectivity index (χ0n) is 11.0. The second-order valence-corrected chi connectivity index (χ2v) is 5.67. The molecule has 0 spiro atoms. The van der Waals surface area contributed by atoms with E-state index in [1.807, 2.05) is 12.1 Å². The van der Waals surface area contributed by atoms with Crippen LogP contribution in [0.1, 0.15) is 49.3 Å². The number of hydrogen-bond donors (Lipinski definition) is 1. The number of hydrogen-bond acceptors (Lipinski definition) is 2. The topological polar surface area (TPSA) is 35.2 Å². The Kier molecular flexibility index (Phi) is 5.04. The predicted molar refractivity (Wildman–Crippen MR) is 75.9 cm³/mol. The summed E-state index contributed by atoms with van der Waals surface area (Å²) >= 11 is 6.06. The lowest BCUT2D eigenvalue weighted by molar-refractivity contribution is 0.101. The van der Waals surface area contributed by atoms with Crippen molar-refractivity contribution >= 4 is 11.6 Å². The van der Waals surface area contributed by atoms with Crippen LogP contribution in [0.4, 0.5) is 0 Å². The van der Waals surface area contributed by atoms with Gasteiger partial charge in [-0.25, -0.2) is 0 Å². The maximum Gasteiger partial charge on any atom is 0.0576 e. The fourth-order valence-electron chi connectivity index (χ4n) is 2.58. The Morgan fingerprint density at radius 2 is 2.28 bits per heavy atom. The number of rotatable bonds is 5. The van der Waals surface area contributed by atoms with Crippen LogP contribution in [0.5, 0.6) is 0 Å². The number of benzene rings is 1. The molecule has 1 heterocycles. The molecule has 0 radical (unpaired) electrons. The van der Waals surface area contributed by atoms with E-state index in [0.29, 0.717) is 6.10 Å². The van der Waals surface area contributed by atoms with Gasteiger partial charge in [0.15, 0.2) is 0 Å². The monoisotopic (exact) mass is 267 g/mol. The highest BCUT2D eigenvalue weighted by Gasteiger charge is 2.15. The van der Waals surface area contributed by atoms with Crippen LogP contribution >= 0.6 is 11.6 Å². The van der Waals surface area contributed by atoms with Crippen molar-refractivity contribution in [1.82, 2.24) is 0 Å². The van der Waals surface area contributed by atoms with Gasteiger partial charge in [-0.3, -0.25) is 0 Å². The van der Waals surface area contributed by atoms with Crippen LogP contribution in [0, 0.1) is 6.92 Å². The standard InChI is InChI=1S/C15H22ClNO/c1-11-8-12(10-13(16)9-11)15(17)6-2-4-14-5-3-7-18-14/h8-10,14-15H,2-7,17H2,1H3. The van der Waals surface area contributed by atoms with Crippen LogP contribution < -0.4 is 5.73 Å². The average molecular weight is 268 g/mol. The zero-order valence-corrected chi connectivity index (χ0v) is 11.7. The van der Waals surface area contributed by atoms with E-state index in [0.717, 1.165) is 36.5 Å². The summed E-state index contributed by atoms with van der Waals surface area (Å²) in [6, 6.07) is 6.15. The molecule has 0 aliphatic carbocycles. The Labute approximate surface area is 114 Å². The molecule has 0 saturated carbocycles. The van der Waals surface area contributed by atoms with E-state index in [4.69, 9.17) is 22.1 Å². The Morgan fingerprint density at radius 1 is 1.44 bits per heavy atom. The summed E-state index contributed by atoms with van der Waals surface area (Å²) in [6.45, 7) is 2.98. The largest absolute Gasteiger partial charge is 0.378 e. The summed E-state index contributed by atoms with van der Waals surface area (Å²) in [6.07, 6.45) is 6.15. The molecule has 2 nitrogen and oxygen atoms in total. The molecule has 2 atom stereocenters. The summed E-state index contributed by atoms with van der Waals surface area (Å²) in [7, 11) is 0. The van der Waals surface area contributed by atoms with E-state index in [1.165, 1.54) is 18.4 Å². The molecule has 3 heteroatoms. The van der Waals surface area contributed by atoms with Gasteiger partial charge in [-0.05, 0) is 62.3 Å². The van der Waals surface area contributed by atoms with Gasteiger partial charge in [-0.2, -0.15) is 0 Å². The van der Waals surface area contributed by atoms with Crippen molar-refractivity contribution in [3.63, 3.8) is 0 Å². The van der Waals surface area contributed by atoms with Crippen LogP contribution in [0.25, 0.3) is 0 Å². The van der Waals surface area contributed by atoms with Gasteiger partial charge in [0.2, 0.25) is 0 Å². The highest BCUT2D eigenvalue weighted by Crippen LogP contribution is 2.24. The molecule has 2 N–H and O–H groups in total. The van der Waals surface area contributed by atoms with E-state index in [2.05, 4.69) is 13.0 Å². The smallest absolute Gasteiger partial charge is 0.0576 e. The van der Waals surface area contributed by atoms with Crippen molar-refractivity contribution in [2.75, 3.05) is 6.61 Å². The number of nitrogens with two attached hydrogens (primary N) is 1. The molecule has 18 heavy (non-hydrogen) atoms. The second kappa shape index (κ2) is 6.55. The van der Waals surface area contributed by atoms with Crippen molar-refractivity contribution < 1.29 is 4.74 Å². The fourth-order valence-corrected chi connectivity index (χ4v) is 2.88. The van der Waals surface area contributed by atoms with Crippen molar-refractivity contribution in [1.29, 1.82) is 0 Å². The first-order valence-corrected chi connectivity index (χ1v) is 7.17. The van der Waals surface area contributed by atoms with Gasteiger partial charge < -0.3 is 10.5 Å². The summed E-state index contributed by atoms with van der Waals surface area (Å²) in [5.41, 5.74) is 8.54. The molecule has 1 aliphatic rings. The lowest BCUT2D eigenvalue weighted by atomic mass is 9.99. The van der Waals surface area contributed by atoms with Gasteiger partial charge in [-0.15, -0.1) is 0 Å². The van der Waals surface area contributed by atoms with E-state index in [9.17, 15) is 0 Å². The fraction of sp³-hybridized carbons (Fsp3) is 0.600. The van der Waals surface area contributed by atoms with Crippen LogP contribution in [0.3, 0.4) is 0 Å². The number of halogens is 1. The first-order chi connectivity index (χ1) is 8.65. The summed E-state index contributed by atoms with van der Waals surface area (Å²) < 4.78 is 5.62. The molecule has 0 bridgehead atoms. The molecule has 1 aliphatic heterocycles. The van der Waals surface area contributed by atoms with Crippen molar-refractivity contribution in [2.24, 2.45) is 5.73 Å². The maximum absolute atomic E-state index is 6.22. The molecule has 1 aromatic rings. The van der Waals surface area contributed by atoms with Crippen molar-refractivity contribution in [3.05, 3.63) is 34.3 Å². The first-order valence-electron chi connectivity index (χ1n) is 6.79. The lowest BCUT2D eigenvalue weighted by Crippen LogP contribution is -2.12. The van der Waals surface area contributed by atoms with Crippen LogP contribution in [0.2, 0.25) is 5.02 Å². The van der Waals surface area contributed by atoms with E-state index >= 15 is 0 Å². The van der Waals surface area contributed by atoms with Crippen LogP contribution in [-0.2, 0) is 4.74 Å². The quantitative estimate of drug-likeness (QED) is 0.875. The first kappa shape index (κ1) is 13.9. The third-order valence-electron chi connectivity index (χ3n) is 3.56. The molecule has 2 rings (SSSR count). The molecule has 0 aromatic heterocycles. The summed E-state index contributed by atoms with van der Waals surface area (Å²) in [4.78, 5) is 0. The van der Waals surface area contributed by atoms with E-state index in [-0.39, 0.29) is 6.04 Å². The minimum absolute atomic E-state index is 0.0869. The molecule has 1 fully saturated rings. The number of aryl methyl sites for hydroxylation is 1. The highest BCUT2D eigenvalue weighted by molar-refractivity contribution is 6.30. The van der Waals surface area contributed by atoms with Crippen molar-refractivity contribution in [2.45, 2.75) is 51.2 Å². The average Bonchev–Trinajstić information content (AvgIpc) is 2.80. The zero-order chi connectivity index (χ0) is 13.0. The molecular formula is C15H22ClNO. The third-order valence-corrected chi connectivity index (χ3v) is 3.78. The van der Waals surface area contributed by atoms with Gasteiger partial charge in [0.05, 0.1) is 6.10 Å². The Balaban J connectivity index is 1.81. The predicted octanol–water partition coefficient (Wildman–Crippen LogP) is 4.00. The highest BCUT2D eigenvalue weighted by atomic mass is 35.5. The molecule has 100 valence electrons. The minimum atomic E-state index is 0.0869. The summed E-state index contributed by atoms with van der Waals surface area (Å²) in [5, 5.41) is 0.777. The summed E-state index contributed by atoms with van der Waals surface area (Å²) in [5.74, 6) is 0. The van der Waals surface area contributed by atoms with Crippen molar-refractivity contribution in [3.8, 4) is 0 Å². The molecular weight excluding hydrogens is 246 g/mol. The van der Waals surface area contributed by atoms with Gasteiger partial charge in [0.1, 0.15) is 0 Å². The van der Waals surface area contributed by atoms with E-state index < -0.39 is 0 Å². The van der Waals surface area contributed by atoms with Crippen LogP contribution in [0.15, 0.2) is 18.2 Å². The molecule has 1 aromatic carbocycles. The Hall–Kier alpha value is -0.570. The Bertz CT molecular complexity index is 368. The normalized spacial score (nSPS) is 21.2. The van der Waals surface area contributed by atoms with Crippen LogP contribution in [-0.4, -0.2) is 12.7 Å². The van der Waals surface area contributed by atoms with Gasteiger partial charge in [0.25, 0.3) is 0 Å². The lowest BCUT2D eigenvalue weighted by Gasteiger charge is -2.15. The number of ether oxygens (including phenoxy) is 1. The Morgan fingerprint density at radius 3 is 2.94 bits per heavy atom. The van der Waals surface area contributed by atoms with Gasteiger partial charge in [-0.1, -0.05) is 17.7 Å². The molecule has 1 saturated heterocycles. The molecule has 2 unspecified atom stereocenters. The van der Waals surface area contributed by atoms with Gasteiger partial charge >= 0.3 is 0 Å². The minimum Gasteiger partial charge on any atom is -0.378 e. The third kappa shape index (κ3) is 3.98.